The average molecular weight is 424 g/mol. The summed E-state index contributed by atoms with van der Waals surface area (Å²) in [7, 11) is 4.60. The number of aromatic nitrogens is 2. The first-order chi connectivity index (χ1) is 15.1. The van der Waals surface area contributed by atoms with Gasteiger partial charge < -0.3 is 18.9 Å². The maximum atomic E-state index is 12.4. The third-order valence-electron chi connectivity index (χ3n) is 4.37. The van der Waals surface area contributed by atoms with Crippen LogP contribution in [0.5, 0.6) is 23.0 Å². The summed E-state index contributed by atoms with van der Waals surface area (Å²) >= 11 is 0. The maximum Gasteiger partial charge on any atom is 0.289 e. The second kappa shape index (κ2) is 10.1. The first-order valence-corrected chi connectivity index (χ1v) is 9.51. The molecule has 1 aromatic heterocycles. The Hall–Kier alpha value is -4.01. The van der Waals surface area contributed by atoms with E-state index in [2.05, 4.69) is 20.7 Å². The Balaban J connectivity index is 1.72. The Kier molecular flexibility index (Phi) is 7.10. The third kappa shape index (κ3) is 5.13. The zero-order valence-electron chi connectivity index (χ0n) is 17.8. The van der Waals surface area contributed by atoms with Gasteiger partial charge in [-0.3, -0.25) is 9.89 Å². The Labute approximate surface area is 180 Å². The van der Waals surface area contributed by atoms with Crippen LogP contribution in [0.3, 0.4) is 0 Å². The molecule has 31 heavy (non-hydrogen) atoms. The van der Waals surface area contributed by atoms with Crippen LogP contribution < -0.4 is 24.4 Å². The number of carbonyl (C=O) groups is 1. The minimum Gasteiger partial charge on any atom is -0.496 e. The van der Waals surface area contributed by atoms with E-state index in [1.165, 1.54) is 27.5 Å². The van der Waals surface area contributed by atoms with Crippen molar-refractivity contribution < 1.29 is 23.7 Å². The molecule has 0 fully saturated rings. The van der Waals surface area contributed by atoms with Crippen molar-refractivity contribution in [1.29, 1.82) is 0 Å². The lowest BCUT2D eigenvalue weighted by molar-refractivity contribution is 0.0950. The molecule has 0 aliphatic rings. The molecule has 3 aromatic rings. The number of nitrogens with one attached hydrogen (secondary N) is 2. The topological polar surface area (TPSA) is 107 Å². The molecular weight excluding hydrogens is 400 g/mol. The standard InChI is InChI=1S/C22H24N4O5/c1-5-31-16-8-6-7-14(9-16)17-11-18(25-24-17)22(27)26-23-13-15-10-20(29-3)21(30-4)12-19(15)28-2/h6-13H,5H2,1-4H3,(H,24,25)(H,26,27)/b23-13-. The molecule has 3 rings (SSSR count). The largest absolute Gasteiger partial charge is 0.496 e. The van der Waals surface area contributed by atoms with Gasteiger partial charge in [0.25, 0.3) is 5.91 Å². The van der Waals surface area contributed by atoms with E-state index < -0.39 is 5.91 Å². The van der Waals surface area contributed by atoms with E-state index in [1.54, 1.807) is 18.2 Å². The number of rotatable bonds is 9. The average Bonchev–Trinajstić information content (AvgIpc) is 3.29. The first-order valence-electron chi connectivity index (χ1n) is 9.51. The molecule has 0 aliphatic carbocycles. The van der Waals surface area contributed by atoms with Gasteiger partial charge in [-0.25, -0.2) is 5.43 Å². The molecule has 2 aromatic carbocycles. The molecule has 0 unspecified atom stereocenters. The summed E-state index contributed by atoms with van der Waals surface area (Å²) in [6.07, 6.45) is 1.46. The van der Waals surface area contributed by atoms with Gasteiger partial charge in [0.2, 0.25) is 0 Å². The van der Waals surface area contributed by atoms with E-state index in [1.807, 2.05) is 31.2 Å². The van der Waals surface area contributed by atoms with Crippen LogP contribution in [-0.2, 0) is 0 Å². The van der Waals surface area contributed by atoms with Crippen molar-refractivity contribution in [1.82, 2.24) is 15.6 Å². The molecule has 162 valence electrons. The van der Waals surface area contributed by atoms with Crippen molar-refractivity contribution in [3.63, 3.8) is 0 Å². The summed E-state index contributed by atoms with van der Waals surface area (Å²) < 4.78 is 21.4. The van der Waals surface area contributed by atoms with Crippen LogP contribution in [0.4, 0.5) is 0 Å². The summed E-state index contributed by atoms with van der Waals surface area (Å²) in [5, 5.41) is 10.9. The van der Waals surface area contributed by atoms with Crippen molar-refractivity contribution >= 4 is 12.1 Å². The normalized spacial score (nSPS) is 10.7. The van der Waals surface area contributed by atoms with E-state index in [9.17, 15) is 4.79 Å². The number of hydrogen-bond acceptors (Lipinski definition) is 7. The Bertz CT molecular complexity index is 1080. The molecule has 0 aliphatic heterocycles. The fourth-order valence-corrected chi connectivity index (χ4v) is 2.87. The lowest BCUT2D eigenvalue weighted by Gasteiger charge is -2.11. The summed E-state index contributed by atoms with van der Waals surface area (Å²) in [6.45, 7) is 2.49. The van der Waals surface area contributed by atoms with Crippen LogP contribution in [-0.4, -0.2) is 50.3 Å². The SMILES string of the molecule is CCOc1cccc(-c2cc(C(=O)N/N=C\c3cc(OC)c(OC)cc3OC)[nH]n2)c1. The van der Waals surface area contributed by atoms with Gasteiger partial charge in [-0.15, -0.1) is 0 Å². The van der Waals surface area contributed by atoms with E-state index in [0.29, 0.717) is 35.1 Å². The molecule has 9 nitrogen and oxygen atoms in total. The van der Waals surface area contributed by atoms with Gasteiger partial charge in [-0.2, -0.15) is 10.2 Å². The van der Waals surface area contributed by atoms with Crippen molar-refractivity contribution in [3.8, 4) is 34.3 Å². The zero-order valence-corrected chi connectivity index (χ0v) is 17.8. The number of carbonyl (C=O) groups excluding carboxylic acids is 1. The van der Waals surface area contributed by atoms with E-state index >= 15 is 0 Å². The molecule has 0 atom stereocenters. The predicted molar refractivity (Wildman–Crippen MR) is 116 cm³/mol. The van der Waals surface area contributed by atoms with E-state index in [-0.39, 0.29) is 5.69 Å². The van der Waals surface area contributed by atoms with Crippen LogP contribution in [0.2, 0.25) is 0 Å². The minimum atomic E-state index is -0.435. The predicted octanol–water partition coefficient (Wildman–Crippen LogP) is 3.27. The third-order valence-corrected chi connectivity index (χ3v) is 4.37. The first kappa shape index (κ1) is 21.7. The van der Waals surface area contributed by atoms with Gasteiger partial charge in [0.05, 0.1) is 39.8 Å². The van der Waals surface area contributed by atoms with Crippen LogP contribution >= 0.6 is 0 Å². The number of nitrogens with zero attached hydrogens (tertiary/aromatic N) is 2. The van der Waals surface area contributed by atoms with Crippen molar-refractivity contribution in [2.45, 2.75) is 6.92 Å². The van der Waals surface area contributed by atoms with Gasteiger partial charge in [-0.1, -0.05) is 12.1 Å². The van der Waals surface area contributed by atoms with Gasteiger partial charge >= 0.3 is 0 Å². The number of aromatic amines is 1. The van der Waals surface area contributed by atoms with Gasteiger partial charge in [0.15, 0.2) is 11.5 Å². The number of ether oxygens (including phenoxy) is 4. The summed E-state index contributed by atoms with van der Waals surface area (Å²) in [4.78, 5) is 12.4. The summed E-state index contributed by atoms with van der Waals surface area (Å²) in [5.74, 6) is 1.87. The number of benzene rings is 2. The number of hydrogen-bond donors (Lipinski definition) is 2. The van der Waals surface area contributed by atoms with Crippen LogP contribution in [0.25, 0.3) is 11.3 Å². The Morgan fingerprint density at radius 1 is 1.06 bits per heavy atom. The highest BCUT2D eigenvalue weighted by molar-refractivity contribution is 5.94. The lowest BCUT2D eigenvalue weighted by Crippen LogP contribution is -2.18. The van der Waals surface area contributed by atoms with E-state index in [0.717, 1.165) is 11.3 Å². The van der Waals surface area contributed by atoms with Crippen LogP contribution in [0, 0.1) is 0 Å². The highest BCUT2D eigenvalue weighted by Gasteiger charge is 2.13. The zero-order chi connectivity index (χ0) is 22.2. The van der Waals surface area contributed by atoms with E-state index in [4.69, 9.17) is 18.9 Å². The number of methoxy groups -OCH3 is 3. The molecular formula is C22H24N4O5. The quantitative estimate of drug-likeness (QED) is 0.403. The molecule has 0 bridgehead atoms. The molecule has 2 N–H and O–H groups in total. The minimum absolute atomic E-state index is 0.272. The van der Waals surface area contributed by atoms with Gasteiger partial charge in [0, 0.05) is 17.2 Å². The highest BCUT2D eigenvalue weighted by Crippen LogP contribution is 2.33. The summed E-state index contributed by atoms with van der Waals surface area (Å²) in [5.41, 5.74) is 4.81. The molecule has 0 radical (unpaired) electrons. The molecule has 9 heteroatoms. The Morgan fingerprint density at radius 2 is 1.81 bits per heavy atom. The molecule has 0 saturated heterocycles. The fraction of sp³-hybridized carbons (Fsp3) is 0.227. The number of H-pyrrole nitrogens is 1. The van der Waals surface area contributed by atoms with Gasteiger partial charge in [-0.05, 0) is 31.2 Å². The molecule has 1 heterocycles. The van der Waals surface area contributed by atoms with Gasteiger partial charge in [0.1, 0.15) is 17.2 Å². The maximum absolute atomic E-state index is 12.4. The van der Waals surface area contributed by atoms with Crippen molar-refractivity contribution in [3.05, 3.63) is 53.7 Å². The van der Waals surface area contributed by atoms with Crippen molar-refractivity contribution in [2.24, 2.45) is 5.10 Å². The number of amides is 1. The number of hydrazone groups is 1. The molecule has 0 saturated carbocycles. The molecule has 1 amide bonds. The second-order valence-corrected chi connectivity index (χ2v) is 6.28. The van der Waals surface area contributed by atoms with Crippen LogP contribution in [0.15, 0.2) is 47.6 Å². The summed E-state index contributed by atoms with van der Waals surface area (Å²) in [6, 6.07) is 12.5. The Morgan fingerprint density at radius 3 is 2.52 bits per heavy atom. The monoisotopic (exact) mass is 424 g/mol. The molecule has 0 spiro atoms. The second-order valence-electron chi connectivity index (χ2n) is 6.28. The fourth-order valence-electron chi connectivity index (χ4n) is 2.87. The lowest BCUT2D eigenvalue weighted by atomic mass is 10.1. The highest BCUT2D eigenvalue weighted by atomic mass is 16.5. The smallest absolute Gasteiger partial charge is 0.289 e. The van der Waals surface area contributed by atoms with Crippen LogP contribution in [0.1, 0.15) is 23.0 Å². The van der Waals surface area contributed by atoms with Crippen molar-refractivity contribution in [2.75, 3.05) is 27.9 Å².